The molecular weight excluding hydrogens is 380 g/mol. The predicted octanol–water partition coefficient (Wildman–Crippen LogP) is 3.48. The van der Waals surface area contributed by atoms with Crippen molar-refractivity contribution in [1.29, 1.82) is 0 Å². The van der Waals surface area contributed by atoms with Gasteiger partial charge in [-0.05, 0) is 37.0 Å². The van der Waals surface area contributed by atoms with Gasteiger partial charge in [0.15, 0.2) is 6.10 Å². The number of esters is 1. The number of benzene rings is 2. The van der Waals surface area contributed by atoms with Gasteiger partial charge in [0, 0.05) is 25.2 Å². The Morgan fingerprint density at radius 2 is 1.90 bits per heavy atom. The number of ether oxygens (including phenoxy) is 1. The van der Waals surface area contributed by atoms with Gasteiger partial charge in [0.1, 0.15) is 0 Å². The molecule has 0 spiro atoms. The van der Waals surface area contributed by atoms with Gasteiger partial charge in [0.25, 0.3) is 5.91 Å². The second kappa shape index (κ2) is 9.57. The molecule has 0 saturated carbocycles. The van der Waals surface area contributed by atoms with Crippen LogP contribution in [0.15, 0.2) is 48.5 Å². The van der Waals surface area contributed by atoms with Crippen LogP contribution in [-0.2, 0) is 32.1 Å². The molecule has 1 fully saturated rings. The monoisotopic (exact) mass is 408 g/mol. The Morgan fingerprint density at radius 1 is 1.17 bits per heavy atom. The number of carbonyl (C=O) groups is 3. The summed E-state index contributed by atoms with van der Waals surface area (Å²) in [5.41, 5.74) is 3.76. The molecule has 3 rings (SSSR count). The molecule has 1 aliphatic rings. The lowest BCUT2D eigenvalue weighted by Gasteiger charge is -2.19. The maximum atomic E-state index is 12.6. The molecule has 0 radical (unpaired) electrons. The molecule has 1 aliphatic heterocycles. The number of amides is 2. The van der Waals surface area contributed by atoms with E-state index in [1.807, 2.05) is 62.4 Å². The molecule has 2 atom stereocenters. The molecule has 6 heteroatoms. The number of carbonyl (C=O) groups excluding carboxylic acids is 3. The van der Waals surface area contributed by atoms with E-state index < -0.39 is 18.0 Å². The lowest BCUT2D eigenvalue weighted by Crippen LogP contribution is -2.33. The molecule has 2 aromatic rings. The zero-order chi connectivity index (χ0) is 21.7. The highest BCUT2D eigenvalue weighted by atomic mass is 16.5. The van der Waals surface area contributed by atoms with Crippen LogP contribution in [0.5, 0.6) is 0 Å². The van der Waals surface area contributed by atoms with Crippen LogP contribution in [0.1, 0.15) is 37.0 Å². The predicted molar refractivity (Wildman–Crippen MR) is 115 cm³/mol. The molecule has 30 heavy (non-hydrogen) atoms. The Labute approximate surface area is 177 Å². The van der Waals surface area contributed by atoms with Crippen molar-refractivity contribution in [2.24, 2.45) is 5.92 Å². The van der Waals surface area contributed by atoms with Crippen molar-refractivity contribution >= 4 is 23.5 Å². The van der Waals surface area contributed by atoms with Crippen molar-refractivity contribution in [3.05, 3.63) is 65.2 Å². The van der Waals surface area contributed by atoms with Crippen molar-refractivity contribution < 1.29 is 19.1 Å². The standard InChI is InChI=1S/C24H28N2O4/c1-4-19-12-8-9-16(2)22(19)25-23(28)17(3)30-24(29)20-13-21(27)26(15-20)14-18-10-6-5-7-11-18/h5-12,17,20H,4,13-15H2,1-3H3,(H,25,28)/t17-,20-/m0/s1. The van der Waals surface area contributed by atoms with Crippen LogP contribution in [0, 0.1) is 12.8 Å². The zero-order valence-electron chi connectivity index (χ0n) is 17.7. The average Bonchev–Trinajstić information content (AvgIpc) is 3.10. The Balaban J connectivity index is 1.56. The summed E-state index contributed by atoms with van der Waals surface area (Å²) in [6.45, 7) is 6.27. The summed E-state index contributed by atoms with van der Waals surface area (Å²) in [4.78, 5) is 39.1. The zero-order valence-corrected chi connectivity index (χ0v) is 17.7. The van der Waals surface area contributed by atoms with Crippen LogP contribution in [0.4, 0.5) is 5.69 Å². The first kappa shape index (κ1) is 21.6. The van der Waals surface area contributed by atoms with E-state index in [4.69, 9.17) is 4.74 Å². The Morgan fingerprint density at radius 3 is 2.60 bits per heavy atom. The summed E-state index contributed by atoms with van der Waals surface area (Å²) in [5.74, 6) is -1.52. The third kappa shape index (κ3) is 5.06. The van der Waals surface area contributed by atoms with E-state index in [1.165, 1.54) is 0 Å². The number of hydrogen-bond donors (Lipinski definition) is 1. The van der Waals surface area contributed by atoms with Gasteiger partial charge >= 0.3 is 5.97 Å². The number of likely N-dealkylation sites (tertiary alicyclic amines) is 1. The largest absolute Gasteiger partial charge is 0.452 e. The molecular formula is C24H28N2O4. The maximum absolute atomic E-state index is 12.6. The van der Waals surface area contributed by atoms with Gasteiger partial charge in [-0.15, -0.1) is 0 Å². The van der Waals surface area contributed by atoms with E-state index >= 15 is 0 Å². The summed E-state index contributed by atoms with van der Waals surface area (Å²) in [5, 5.41) is 2.88. The summed E-state index contributed by atoms with van der Waals surface area (Å²) >= 11 is 0. The normalized spacial score (nSPS) is 17.0. The quantitative estimate of drug-likeness (QED) is 0.712. The first-order valence-electron chi connectivity index (χ1n) is 10.3. The van der Waals surface area contributed by atoms with Gasteiger partial charge in [0.05, 0.1) is 5.92 Å². The van der Waals surface area contributed by atoms with Crippen molar-refractivity contribution in [3.8, 4) is 0 Å². The van der Waals surface area contributed by atoms with E-state index in [2.05, 4.69) is 5.32 Å². The Kier molecular flexibility index (Phi) is 6.87. The summed E-state index contributed by atoms with van der Waals surface area (Å²) in [6, 6.07) is 15.5. The molecule has 1 N–H and O–H groups in total. The van der Waals surface area contributed by atoms with Crippen molar-refractivity contribution in [1.82, 2.24) is 4.90 Å². The molecule has 158 valence electrons. The van der Waals surface area contributed by atoms with Crippen molar-refractivity contribution in [2.45, 2.75) is 46.3 Å². The number of nitrogens with zero attached hydrogens (tertiary/aromatic N) is 1. The fourth-order valence-electron chi connectivity index (χ4n) is 3.64. The third-order valence-electron chi connectivity index (χ3n) is 5.41. The van der Waals surface area contributed by atoms with Crippen molar-refractivity contribution in [3.63, 3.8) is 0 Å². The van der Waals surface area contributed by atoms with Gasteiger partial charge < -0.3 is 15.0 Å². The maximum Gasteiger partial charge on any atom is 0.312 e. The highest BCUT2D eigenvalue weighted by molar-refractivity contribution is 5.97. The molecule has 1 saturated heterocycles. The minimum atomic E-state index is -0.944. The first-order valence-corrected chi connectivity index (χ1v) is 10.3. The van der Waals surface area contributed by atoms with Crippen LogP contribution in [0.3, 0.4) is 0 Å². The Bertz CT molecular complexity index is 926. The van der Waals surface area contributed by atoms with E-state index in [-0.39, 0.29) is 18.2 Å². The van der Waals surface area contributed by atoms with Crippen LogP contribution in [0.2, 0.25) is 0 Å². The minimum Gasteiger partial charge on any atom is -0.452 e. The molecule has 0 aromatic heterocycles. The SMILES string of the molecule is CCc1cccc(C)c1NC(=O)[C@H](C)OC(=O)[C@H]1CC(=O)N(Cc2ccccc2)C1. The van der Waals surface area contributed by atoms with E-state index in [0.717, 1.165) is 28.8 Å². The van der Waals surface area contributed by atoms with Crippen LogP contribution in [0.25, 0.3) is 0 Å². The summed E-state index contributed by atoms with van der Waals surface area (Å²) in [7, 11) is 0. The first-order chi connectivity index (χ1) is 14.4. The van der Waals surface area contributed by atoms with Crippen molar-refractivity contribution in [2.75, 3.05) is 11.9 Å². The highest BCUT2D eigenvalue weighted by Crippen LogP contribution is 2.23. The smallest absolute Gasteiger partial charge is 0.312 e. The minimum absolute atomic E-state index is 0.0783. The topological polar surface area (TPSA) is 75.7 Å². The van der Waals surface area contributed by atoms with Gasteiger partial charge in [-0.1, -0.05) is 55.5 Å². The van der Waals surface area contributed by atoms with Crippen LogP contribution in [-0.4, -0.2) is 35.3 Å². The van der Waals surface area contributed by atoms with E-state index in [1.54, 1.807) is 11.8 Å². The number of aryl methyl sites for hydroxylation is 2. The lowest BCUT2D eigenvalue weighted by molar-refractivity contribution is -0.157. The fraction of sp³-hybridized carbons (Fsp3) is 0.375. The molecule has 0 unspecified atom stereocenters. The second-order valence-corrected chi connectivity index (χ2v) is 7.69. The van der Waals surface area contributed by atoms with Gasteiger partial charge in [0.2, 0.25) is 5.91 Å². The fourth-order valence-corrected chi connectivity index (χ4v) is 3.64. The summed E-state index contributed by atoms with van der Waals surface area (Å²) < 4.78 is 5.40. The third-order valence-corrected chi connectivity index (χ3v) is 5.41. The van der Waals surface area contributed by atoms with Crippen LogP contribution < -0.4 is 5.32 Å². The number of hydrogen-bond acceptors (Lipinski definition) is 4. The highest BCUT2D eigenvalue weighted by Gasteiger charge is 2.36. The van der Waals surface area contributed by atoms with Gasteiger partial charge in [-0.3, -0.25) is 14.4 Å². The van der Waals surface area contributed by atoms with Crippen LogP contribution >= 0.6 is 0 Å². The Hall–Kier alpha value is -3.15. The van der Waals surface area contributed by atoms with E-state index in [0.29, 0.717) is 13.1 Å². The molecule has 0 aliphatic carbocycles. The summed E-state index contributed by atoms with van der Waals surface area (Å²) in [6.07, 6.45) is -0.0508. The molecule has 6 nitrogen and oxygen atoms in total. The number of nitrogens with one attached hydrogen (secondary N) is 1. The van der Waals surface area contributed by atoms with Gasteiger partial charge in [-0.2, -0.15) is 0 Å². The number of anilines is 1. The molecule has 0 bridgehead atoms. The number of para-hydroxylation sites is 1. The number of rotatable bonds is 7. The van der Waals surface area contributed by atoms with E-state index in [9.17, 15) is 14.4 Å². The average molecular weight is 408 g/mol. The molecule has 2 amide bonds. The molecule has 2 aromatic carbocycles. The molecule has 1 heterocycles. The van der Waals surface area contributed by atoms with Gasteiger partial charge in [-0.25, -0.2) is 0 Å². The second-order valence-electron chi connectivity index (χ2n) is 7.69. The lowest BCUT2D eigenvalue weighted by atomic mass is 10.1.